The Kier molecular flexibility index (Phi) is 4.53. The van der Waals surface area contributed by atoms with Gasteiger partial charge in [0.2, 0.25) is 5.91 Å². The molecule has 2 aromatic heterocycles. The second kappa shape index (κ2) is 6.97. The number of benzene rings is 2. The average molecular weight is 382 g/mol. The summed E-state index contributed by atoms with van der Waals surface area (Å²) in [5.41, 5.74) is 2.62. The number of aromatic nitrogens is 1. The molecule has 4 aromatic rings. The molecule has 0 aliphatic carbocycles. The van der Waals surface area contributed by atoms with Crippen molar-refractivity contribution in [3.8, 4) is 11.3 Å². The molecule has 1 atom stereocenters. The van der Waals surface area contributed by atoms with Crippen molar-refractivity contribution in [2.24, 2.45) is 0 Å². The number of thiophene rings is 1. The summed E-state index contributed by atoms with van der Waals surface area (Å²) in [6.45, 7) is 1.45. The van der Waals surface area contributed by atoms with Crippen LogP contribution >= 0.6 is 22.7 Å². The van der Waals surface area contributed by atoms with E-state index in [0.29, 0.717) is 5.56 Å². The Morgan fingerprint density at radius 3 is 2.77 bits per heavy atom. The van der Waals surface area contributed by atoms with Crippen LogP contribution in [-0.4, -0.2) is 10.9 Å². The molecule has 1 N–H and O–H groups in total. The maximum Gasteiger partial charge on any atom is 0.217 e. The molecule has 1 amide bonds. The van der Waals surface area contributed by atoms with Crippen LogP contribution in [-0.2, 0) is 4.79 Å². The minimum atomic E-state index is -0.466. The summed E-state index contributed by atoms with van der Waals surface area (Å²) in [5.74, 6) is -0.518. The topological polar surface area (TPSA) is 42.0 Å². The molecule has 3 nitrogen and oxygen atoms in total. The van der Waals surface area contributed by atoms with Gasteiger partial charge in [-0.1, -0.05) is 30.3 Å². The van der Waals surface area contributed by atoms with Gasteiger partial charge in [-0.2, -0.15) is 0 Å². The number of rotatable bonds is 4. The fourth-order valence-corrected chi connectivity index (χ4v) is 4.75. The Labute approximate surface area is 158 Å². The van der Waals surface area contributed by atoms with Gasteiger partial charge in [-0.3, -0.25) is 4.79 Å². The summed E-state index contributed by atoms with van der Waals surface area (Å²) >= 11 is 3.14. The molecule has 1 unspecified atom stereocenters. The summed E-state index contributed by atoms with van der Waals surface area (Å²) in [4.78, 5) is 16.4. The Morgan fingerprint density at radius 2 is 1.96 bits per heavy atom. The SMILES string of the molecule is CC(=O)NC(c1cccc(F)c1)c1nc(-c2csc3ccccc23)cs1. The molecule has 6 heteroatoms. The fraction of sp³-hybridized carbons (Fsp3) is 0.100. The highest BCUT2D eigenvalue weighted by Gasteiger charge is 2.20. The van der Waals surface area contributed by atoms with E-state index in [1.165, 1.54) is 35.1 Å². The van der Waals surface area contributed by atoms with E-state index >= 15 is 0 Å². The molecule has 0 saturated heterocycles. The summed E-state index contributed by atoms with van der Waals surface area (Å²) in [6, 6.07) is 14.0. The molecule has 0 saturated carbocycles. The molecule has 2 heterocycles. The van der Waals surface area contributed by atoms with Gasteiger partial charge in [0, 0.05) is 33.3 Å². The molecule has 26 heavy (non-hydrogen) atoms. The molecule has 0 aliphatic heterocycles. The third-order valence-electron chi connectivity index (χ3n) is 4.06. The third-order valence-corrected chi connectivity index (χ3v) is 5.93. The van der Waals surface area contributed by atoms with E-state index in [9.17, 15) is 9.18 Å². The zero-order valence-corrected chi connectivity index (χ0v) is 15.5. The first-order valence-corrected chi connectivity index (χ1v) is 9.82. The standard InChI is InChI=1S/C20H15FN2OS2/c1-12(24)22-19(13-5-4-6-14(21)9-13)20-23-17(11-26-20)16-10-25-18-8-3-2-7-15(16)18/h2-11,19H,1H3,(H,22,24). The number of amides is 1. The lowest BCUT2D eigenvalue weighted by Gasteiger charge is -2.16. The number of fused-ring (bicyclic) bond motifs is 1. The molecule has 0 radical (unpaired) electrons. The number of nitrogens with zero attached hydrogens (tertiary/aromatic N) is 1. The van der Waals surface area contributed by atoms with Gasteiger partial charge in [0.05, 0.1) is 5.69 Å². The van der Waals surface area contributed by atoms with Crippen molar-refractivity contribution in [3.63, 3.8) is 0 Å². The van der Waals surface area contributed by atoms with Gasteiger partial charge in [-0.05, 0) is 23.8 Å². The van der Waals surface area contributed by atoms with Gasteiger partial charge >= 0.3 is 0 Å². The van der Waals surface area contributed by atoms with Crippen molar-refractivity contribution in [1.82, 2.24) is 10.3 Å². The molecular formula is C20H15FN2OS2. The molecule has 0 fully saturated rings. The van der Waals surface area contributed by atoms with Gasteiger partial charge in [0.25, 0.3) is 0 Å². The summed E-state index contributed by atoms with van der Waals surface area (Å²) in [6.07, 6.45) is 0. The van der Waals surface area contributed by atoms with E-state index in [1.54, 1.807) is 23.5 Å². The third kappa shape index (κ3) is 3.25. The Balaban J connectivity index is 1.75. The maximum atomic E-state index is 13.7. The number of thiazole rings is 1. The zero-order valence-electron chi connectivity index (χ0n) is 13.9. The second-order valence-electron chi connectivity index (χ2n) is 5.91. The lowest BCUT2D eigenvalue weighted by atomic mass is 10.1. The summed E-state index contributed by atoms with van der Waals surface area (Å²) in [5, 5.41) is 8.86. The minimum Gasteiger partial charge on any atom is -0.343 e. The zero-order chi connectivity index (χ0) is 18.1. The highest BCUT2D eigenvalue weighted by molar-refractivity contribution is 7.17. The smallest absolute Gasteiger partial charge is 0.217 e. The van der Waals surface area contributed by atoms with Crippen LogP contribution in [0.1, 0.15) is 23.5 Å². The van der Waals surface area contributed by atoms with E-state index in [1.807, 2.05) is 17.5 Å². The Hall–Kier alpha value is -2.57. The van der Waals surface area contributed by atoms with E-state index in [-0.39, 0.29) is 11.7 Å². The van der Waals surface area contributed by atoms with Crippen LogP contribution in [0.4, 0.5) is 4.39 Å². The molecule has 2 aromatic carbocycles. The second-order valence-corrected chi connectivity index (χ2v) is 7.71. The fourth-order valence-electron chi connectivity index (χ4n) is 2.90. The summed E-state index contributed by atoms with van der Waals surface area (Å²) in [7, 11) is 0. The lowest BCUT2D eigenvalue weighted by molar-refractivity contribution is -0.119. The van der Waals surface area contributed by atoms with Crippen LogP contribution in [0.5, 0.6) is 0 Å². The highest BCUT2D eigenvalue weighted by atomic mass is 32.1. The number of carbonyl (C=O) groups is 1. The number of nitrogens with one attached hydrogen (secondary N) is 1. The van der Waals surface area contributed by atoms with Crippen LogP contribution in [0.2, 0.25) is 0 Å². The van der Waals surface area contributed by atoms with Crippen LogP contribution in [0, 0.1) is 5.82 Å². The quantitative estimate of drug-likeness (QED) is 0.514. The van der Waals surface area contributed by atoms with Crippen molar-refractivity contribution >= 4 is 38.7 Å². The molecule has 130 valence electrons. The first-order valence-electron chi connectivity index (χ1n) is 8.06. The van der Waals surface area contributed by atoms with Gasteiger partial charge in [0.1, 0.15) is 16.9 Å². The van der Waals surface area contributed by atoms with Crippen LogP contribution in [0.25, 0.3) is 21.3 Å². The Bertz CT molecular complexity index is 1090. The predicted octanol–water partition coefficient (Wildman–Crippen LogP) is 5.39. The monoisotopic (exact) mass is 382 g/mol. The number of halogens is 1. The van der Waals surface area contributed by atoms with Crippen molar-refractivity contribution in [3.05, 3.63) is 75.7 Å². The molecule has 0 bridgehead atoms. The number of carbonyl (C=O) groups excluding carboxylic acids is 1. The largest absolute Gasteiger partial charge is 0.343 e. The molecular weight excluding hydrogens is 367 g/mol. The van der Waals surface area contributed by atoms with Crippen LogP contribution in [0.15, 0.2) is 59.3 Å². The normalized spacial score (nSPS) is 12.2. The van der Waals surface area contributed by atoms with Crippen molar-refractivity contribution < 1.29 is 9.18 Å². The van der Waals surface area contributed by atoms with Gasteiger partial charge in [-0.25, -0.2) is 9.37 Å². The maximum absolute atomic E-state index is 13.7. The molecule has 0 spiro atoms. The van der Waals surface area contributed by atoms with Gasteiger partial charge < -0.3 is 5.32 Å². The van der Waals surface area contributed by atoms with Crippen LogP contribution in [0.3, 0.4) is 0 Å². The van der Waals surface area contributed by atoms with Crippen LogP contribution < -0.4 is 5.32 Å². The van der Waals surface area contributed by atoms with Crippen molar-refractivity contribution in [2.45, 2.75) is 13.0 Å². The van der Waals surface area contributed by atoms with Crippen molar-refractivity contribution in [1.29, 1.82) is 0 Å². The van der Waals surface area contributed by atoms with Gasteiger partial charge in [0.15, 0.2) is 0 Å². The van der Waals surface area contributed by atoms with Crippen molar-refractivity contribution in [2.75, 3.05) is 0 Å². The number of hydrogen-bond donors (Lipinski definition) is 1. The Morgan fingerprint density at radius 1 is 1.12 bits per heavy atom. The van der Waals surface area contributed by atoms with E-state index in [4.69, 9.17) is 4.98 Å². The number of hydrogen-bond acceptors (Lipinski definition) is 4. The van der Waals surface area contributed by atoms with E-state index < -0.39 is 6.04 Å². The molecule has 0 aliphatic rings. The average Bonchev–Trinajstić information content (AvgIpc) is 3.26. The minimum absolute atomic E-state index is 0.183. The molecule has 4 rings (SSSR count). The predicted molar refractivity (Wildman–Crippen MR) is 105 cm³/mol. The first kappa shape index (κ1) is 16.9. The van der Waals surface area contributed by atoms with E-state index in [2.05, 4.69) is 22.8 Å². The summed E-state index contributed by atoms with van der Waals surface area (Å²) < 4.78 is 14.9. The lowest BCUT2D eigenvalue weighted by Crippen LogP contribution is -2.26. The highest BCUT2D eigenvalue weighted by Crippen LogP contribution is 2.36. The first-order chi connectivity index (χ1) is 12.6. The van der Waals surface area contributed by atoms with E-state index in [0.717, 1.165) is 21.7 Å². The van der Waals surface area contributed by atoms with Gasteiger partial charge in [-0.15, -0.1) is 22.7 Å².